The largest absolute Gasteiger partial charge is 0.377 e. The normalized spacial score (nSPS) is 12.5. The summed E-state index contributed by atoms with van der Waals surface area (Å²) in [6.45, 7) is 11.2. The van der Waals surface area contributed by atoms with Crippen LogP contribution in [0.5, 0.6) is 0 Å². The summed E-state index contributed by atoms with van der Waals surface area (Å²) in [5.41, 5.74) is 4.36. The van der Waals surface area contributed by atoms with Gasteiger partial charge in [-0.2, -0.15) is 0 Å². The molecule has 0 aliphatic carbocycles. The number of anilines is 2. The summed E-state index contributed by atoms with van der Waals surface area (Å²) in [5, 5.41) is 2.17. The number of ether oxygens (including phenoxy) is 1. The van der Waals surface area contributed by atoms with E-state index in [-0.39, 0.29) is 6.10 Å². The Bertz CT molecular complexity index is 604. The first-order valence-corrected chi connectivity index (χ1v) is 8.06. The summed E-state index contributed by atoms with van der Waals surface area (Å²) in [4.78, 5) is 12.7. The summed E-state index contributed by atoms with van der Waals surface area (Å²) < 4.78 is 5.51. The predicted octanol–water partition coefficient (Wildman–Crippen LogP) is 4.33. The van der Waals surface area contributed by atoms with E-state index in [1.54, 1.807) is 18.4 Å². The minimum Gasteiger partial charge on any atom is -0.377 e. The number of hydrogen-bond acceptors (Lipinski definition) is 5. The molecule has 0 saturated heterocycles. The quantitative estimate of drug-likeness (QED) is 0.824. The van der Waals surface area contributed by atoms with Gasteiger partial charge in [0.15, 0.2) is 0 Å². The van der Waals surface area contributed by atoms with Gasteiger partial charge in [0.05, 0.1) is 11.8 Å². The van der Waals surface area contributed by atoms with Crippen LogP contribution in [0.3, 0.4) is 0 Å². The Morgan fingerprint density at radius 1 is 1.24 bits per heavy atom. The molecule has 0 aromatic carbocycles. The Morgan fingerprint density at radius 2 is 1.86 bits per heavy atom. The van der Waals surface area contributed by atoms with Crippen LogP contribution in [0.25, 0.3) is 0 Å². The van der Waals surface area contributed by atoms with Crippen molar-refractivity contribution in [3.8, 4) is 0 Å². The lowest BCUT2D eigenvalue weighted by Gasteiger charge is -2.24. The van der Waals surface area contributed by atoms with Gasteiger partial charge in [-0.3, -0.25) is 0 Å². The van der Waals surface area contributed by atoms with Gasteiger partial charge in [-0.25, -0.2) is 9.97 Å². The molecule has 2 aromatic rings. The SMILES string of the molecule is CCN(c1nc(C)cc(C)n1)c1c(C(C)OC)csc1C. The lowest BCUT2D eigenvalue weighted by molar-refractivity contribution is 0.120. The average molecular weight is 305 g/mol. The number of aryl methyl sites for hydroxylation is 3. The van der Waals surface area contributed by atoms with Gasteiger partial charge < -0.3 is 9.64 Å². The first-order valence-electron chi connectivity index (χ1n) is 7.18. The Kier molecular flexibility index (Phi) is 4.96. The zero-order valence-corrected chi connectivity index (χ0v) is 14.4. The lowest BCUT2D eigenvalue weighted by atomic mass is 10.1. The molecule has 0 saturated carbocycles. The molecule has 1 atom stereocenters. The van der Waals surface area contributed by atoms with E-state index >= 15 is 0 Å². The van der Waals surface area contributed by atoms with Gasteiger partial charge in [-0.1, -0.05) is 0 Å². The highest BCUT2D eigenvalue weighted by Crippen LogP contribution is 2.38. The molecule has 114 valence electrons. The third-order valence-electron chi connectivity index (χ3n) is 3.56. The molecule has 0 amide bonds. The summed E-state index contributed by atoms with van der Waals surface area (Å²) in [6, 6.07) is 2.00. The van der Waals surface area contributed by atoms with Crippen molar-refractivity contribution in [2.24, 2.45) is 0 Å². The van der Waals surface area contributed by atoms with Crippen molar-refractivity contribution < 1.29 is 4.74 Å². The van der Waals surface area contributed by atoms with Crippen molar-refractivity contribution >= 4 is 23.0 Å². The summed E-state index contributed by atoms with van der Waals surface area (Å²) in [5.74, 6) is 0.765. The van der Waals surface area contributed by atoms with Gasteiger partial charge in [0, 0.05) is 35.5 Å². The van der Waals surface area contributed by atoms with Gasteiger partial charge in [0.25, 0.3) is 0 Å². The van der Waals surface area contributed by atoms with Crippen molar-refractivity contribution in [2.45, 2.75) is 40.7 Å². The summed E-state index contributed by atoms with van der Waals surface area (Å²) in [6.07, 6.45) is 0.0601. The van der Waals surface area contributed by atoms with E-state index < -0.39 is 0 Å². The standard InChI is InChI=1S/C16H23N3OS/c1-7-19(16-17-10(2)8-11(3)18-16)15-13(5)21-9-14(15)12(4)20-6/h8-9,12H,7H2,1-6H3. The molecule has 0 radical (unpaired) electrons. The second-order valence-electron chi connectivity index (χ2n) is 5.17. The number of hydrogen-bond donors (Lipinski definition) is 0. The van der Waals surface area contributed by atoms with E-state index in [0.29, 0.717) is 0 Å². The van der Waals surface area contributed by atoms with Crippen molar-refractivity contribution in [3.05, 3.63) is 33.3 Å². The second kappa shape index (κ2) is 6.54. The number of nitrogens with zero attached hydrogens (tertiary/aromatic N) is 3. The van der Waals surface area contributed by atoms with Crippen molar-refractivity contribution in [3.63, 3.8) is 0 Å². The number of thiophene rings is 1. The number of aromatic nitrogens is 2. The second-order valence-corrected chi connectivity index (χ2v) is 6.25. The summed E-state index contributed by atoms with van der Waals surface area (Å²) in [7, 11) is 1.74. The Balaban J connectivity index is 2.53. The molecule has 0 spiro atoms. The third kappa shape index (κ3) is 3.24. The topological polar surface area (TPSA) is 38.2 Å². The molecule has 2 aromatic heterocycles. The molecule has 5 heteroatoms. The van der Waals surface area contributed by atoms with E-state index in [0.717, 1.165) is 23.9 Å². The zero-order chi connectivity index (χ0) is 15.6. The van der Waals surface area contributed by atoms with Crippen LogP contribution in [0, 0.1) is 20.8 Å². The monoisotopic (exact) mass is 305 g/mol. The molecule has 0 aliphatic heterocycles. The molecule has 0 aliphatic rings. The first-order chi connectivity index (χ1) is 9.97. The van der Waals surface area contributed by atoms with Crippen molar-refractivity contribution in [1.82, 2.24) is 9.97 Å². The van der Waals surface area contributed by atoms with Crippen LogP contribution in [0.1, 0.15) is 41.8 Å². The Hall–Kier alpha value is -1.46. The average Bonchev–Trinajstić information content (AvgIpc) is 2.80. The number of rotatable bonds is 5. The van der Waals surface area contributed by atoms with Crippen molar-refractivity contribution in [1.29, 1.82) is 0 Å². The molecular weight excluding hydrogens is 282 g/mol. The zero-order valence-electron chi connectivity index (χ0n) is 13.6. The van der Waals surface area contributed by atoms with Gasteiger partial charge in [0.1, 0.15) is 0 Å². The van der Waals surface area contributed by atoms with Crippen molar-refractivity contribution in [2.75, 3.05) is 18.6 Å². The maximum atomic E-state index is 5.51. The highest BCUT2D eigenvalue weighted by atomic mass is 32.1. The number of methoxy groups -OCH3 is 1. The van der Waals surface area contributed by atoms with Crippen LogP contribution >= 0.6 is 11.3 Å². The van der Waals surface area contributed by atoms with E-state index in [1.165, 1.54) is 16.1 Å². The fourth-order valence-electron chi connectivity index (χ4n) is 2.46. The van der Waals surface area contributed by atoms with E-state index in [1.807, 2.05) is 19.9 Å². The molecule has 0 fully saturated rings. The highest BCUT2D eigenvalue weighted by Gasteiger charge is 2.22. The van der Waals surface area contributed by atoms with Gasteiger partial charge in [0.2, 0.25) is 5.95 Å². The van der Waals surface area contributed by atoms with Crippen LogP contribution < -0.4 is 4.90 Å². The molecule has 4 nitrogen and oxygen atoms in total. The molecule has 0 bridgehead atoms. The maximum Gasteiger partial charge on any atom is 0.230 e. The van der Waals surface area contributed by atoms with E-state index in [4.69, 9.17) is 4.74 Å². The molecule has 1 unspecified atom stereocenters. The fraction of sp³-hybridized carbons (Fsp3) is 0.500. The third-order valence-corrected chi connectivity index (χ3v) is 4.48. The molecule has 0 N–H and O–H groups in total. The van der Waals surface area contributed by atoms with Crippen LogP contribution in [-0.4, -0.2) is 23.6 Å². The minimum atomic E-state index is 0.0601. The lowest BCUT2D eigenvalue weighted by Crippen LogP contribution is -2.21. The molecule has 2 rings (SSSR count). The predicted molar refractivity (Wildman–Crippen MR) is 88.7 cm³/mol. The van der Waals surface area contributed by atoms with Gasteiger partial charge >= 0.3 is 0 Å². The van der Waals surface area contributed by atoms with Gasteiger partial charge in [-0.05, 0) is 46.1 Å². The van der Waals surface area contributed by atoms with Crippen LogP contribution in [0.15, 0.2) is 11.4 Å². The van der Waals surface area contributed by atoms with Gasteiger partial charge in [-0.15, -0.1) is 11.3 Å². The van der Waals surface area contributed by atoms with Crippen LogP contribution in [0.4, 0.5) is 11.6 Å². The Morgan fingerprint density at radius 3 is 2.38 bits per heavy atom. The molecule has 2 heterocycles. The fourth-order valence-corrected chi connectivity index (χ4v) is 3.40. The summed E-state index contributed by atoms with van der Waals surface area (Å²) >= 11 is 1.74. The first kappa shape index (κ1) is 15.9. The van der Waals surface area contributed by atoms with Crippen LogP contribution in [0.2, 0.25) is 0 Å². The van der Waals surface area contributed by atoms with Crippen LogP contribution in [-0.2, 0) is 4.74 Å². The molecular formula is C16H23N3OS. The minimum absolute atomic E-state index is 0.0601. The molecule has 21 heavy (non-hydrogen) atoms. The van der Waals surface area contributed by atoms with E-state index in [9.17, 15) is 0 Å². The highest BCUT2D eigenvalue weighted by molar-refractivity contribution is 7.10. The Labute approximate surface area is 130 Å². The van der Waals surface area contributed by atoms with E-state index in [2.05, 4.69) is 41.0 Å². The smallest absolute Gasteiger partial charge is 0.230 e. The maximum absolute atomic E-state index is 5.51.